The maximum absolute atomic E-state index is 4.74. The fraction of sp³-hybridized carbons (Fsp3) is 0.149. The van der Waals surface area contributed by atoms with E-state index < -0.39 is 0 Å². The average Bonchev–Trinajstić information content (AvgIpc) is 3.41. The van der Waals surface area contributed by atoms with Gasteiger partial charge >= 0.3 is 0 Å². The smallest absolute Gasteiger partial charge is 0.0215 e. The van der Waals surface area contributed by atoms with Crippen LogP contribution in [0.2, 0.25) is 0 Å². The highest BCUT2D eigenvalue weighted by atomic mass is 32.1. The Balaban J connectivity index is 1.27. The van der Waals surface area contributed by atoms with Crippen molar-refractivity contribution in [1.29, 1.82) is 0 Å². The fourth-order valence-electron chi connectivity index (χ4n) is 8.89. The highest BCUT2D eigenvalue weighted by Crippen LogP contribution is 2.56. The molecule has 0 saturated heterocycles. The Morgan fingerprint density at radius 2 is 0.875 bits per heavy atom. The first-order chi connectivity index (χ1) is 23.7. The Hall–Kier alpha value is -4.85. The Morgan fingerprint density at radius 3 is 1.33 bits per heavy atom. The van der Waals surface area contributed by atoms with Crippen LogP contribution in [0.3, 0.4) is 0 Å². The van der Waals surface area contributed by atoms with Gasteiger partial charge in [-0.1, -0.05) is 135 Å². The predicted molar refractivity (Wildman–Crippen MR) is 212 cm³/mol. The van der Waals surface area contributed by atoms with Crippen LogP contribution in [0.5, 0.6) is 0 Å². The zero-order valence-electron chi connectivity index (χ0n) is 27.3. The summed E-state index contributed by atoms with van der Waals surface area (Å²) >= 11 is 4.74. The molecular formula is C47H38S. The second-order valence-electron chi connectivity index (χ2n) is 13.6. The van der Waals surface area contributed by atoms with Gasteiger partial charge in [-0.15, -0.1) is 0 Å². The van der Waals surface area contributed by atoms with E-state index in [9.17, 15) is 0 Å². The number of benzene rings is 8. The molecule has 0 spiro atoms. The molecule has 0 aromatic heterocycles. The van der Waals surface area contributed by atoms with Crippen LogP contribution in [0, 0.1) is 0 Å². The molecule has 1 aliphatic carbocycles. The van der Waals surface area contributed by atoms with Gasteiger partial charge < -0.3 is 0 Å². The van der Waals surface area contributed by atoms with Crippen LogP contribution in [-0.2, 0) is 5.41 Å². The van der Waals surface area contributed by atoms with E-state index in [0.717, 1.165) is 31.4 Å². The largest absolute Gasteiger partial charge is 0.179 e. The number of rotatable bonds is 7. The summed E-state index contributed by atoms with van der Waals surface area (Å²) in [5.41, 5.74) is 10.9. The maximum atomic E-state index is 4.74. The molecule has 8 aromatic rings. The van der Waals surface area contributed by atoms with Gasteiger partial charge in [-0.25, -0.2) is 0 Å². The third-order valence-corrected chi connectivity index (χ3v) is 11.3. The normalized spacial score (nSPS) is 13.4. The van der Waals surface area contributed by atoms with Crippen LogP contribution in [0.4, 0.5) is 0 Å². The molecule has 0 atom stereocenters. The number of fused-ring (bicyclic) bond motifs is 9. The lowest BCUT2D eigenvalue weighted by molar-refractivity contribution is 0.437. The Kier molecular flexibility index (Phi) is 7.13. The van der Waals surface area contributed by atoms with Gasteiger partial charge in [0.05, 0.1) is 0 Å². The third-order valence-electron chi connectivity index (χ3n) is 11.0. The highest BCUT2D eigenvalue weighted by molar-refractivity contribution is 7.80. The molecule has 0 nitrogen and oxygen atoms in total. The standard InChI is InChI=1S/C47H38S/c1-2-24-47(25-11-26-48)45-29-33(43-27-31-12-3-5-14-35(31)37-16-7-9-18-39(37)43)20-22-41(45)42-23-21-34(30-46(42)47)44-28-32-13-4-6-15-36(32)38-17-8-10-19-40(38)44/h3-10,12-23,27-30,48H,2,11,24-26H2,1H3. The zero-order chi connectivity index (χ0) is 32.2. The molecule has 0 unspecified atom stereocenters. The fourth-order valence-corrected chi connectivity index (χ4v) is 9.05. The first-order valence-electron chi connectivity index (χ1n) is 17.4. The number of hydrogen-bond donors (Lipinski definition) is 1. The van der Waals surface area contributed by atoms with Gasteiger partial charge in [0.2, 0.25) is 0 Å². The molecule has 0 N–H and O–H groups in total. The lowest BCUT2D eigenvalue weighted by atomic mass is 9.70. The van der Waals surface area contributed by atoms with E-state index >= 15 is 0 Å². The van der Waals surface area contributed by atoms with E-state index in [1.807, 2.05) is 0 Å². The van der Waals surface area contributed by atoms with Crippen LogP contribution in [0.1, 0.15) is 43.7 Å². The van der Waals surface area contributed by atoms with Crippen LogP contribution < -0.4 is 0 Å². The molecule has 48 heavy (non-hydrogen) atoms. The molecule has 232 valence electrons. The number of thiol groups is 1. The quantitative estimate of drug-likeness (QED) is 0.131. The summed E-state index contributed by atoms with van der Waals surface area (Å²) in [6, 6.07) is 54.9. The van der Waals surface area contributed by atoms with E-state index in [1.54, 1.807) is 0 Å². The lowest BCUT2D eigenvalue weighted by Crippen LogP contribution is -2.25. The van der Waals surface area contributed by atoms with Crippen LogP contribution in [0.15, 0.2) is 146 Å². The summed E-state index contributed by atoms with van der Waals surface area (Å²) in [7, 11) is 0. The average molecular weight is 635 g/mol. The van der Waals surface area contributed by atoms with Crippen molar-refractivity contribution < 1.29 is 0 Å². The molecule has 9 rings (SSSR count). The van der Waals surface area contributed by atoms with Crippen molar-refractivity contribution >= 4 is 55.7 Å². The Labute approximate surface area is 288 Å². The van der Waals surface area contributed by atoms with E-state index in [4.69, 9.17) is 12.6 Å². The SMILES string of the molecule is CCCC1(CCCS)c2cc(-c3cc4ccccc4c4ccccc34)ccc2-c2ccc(-c3cc4ccccc4c4ccccc34)cc21. The lowest BCUT2D eigenvalue weighted by Gasteiger charge is -2.33. The Bertz CT molecular complexity index is 2350. The summed E-state index contributed by atoms with van der Waals surface area (Å²) in [4.78, 5) is 0. The first kappa shape index (κ1) is 29.3. The van der Waals surface area contributed by atoms with Gasteiger partial charge in [-0.2, -0.15) is 12.6 Å². The van der Waals surface area contributed by atoms with E-state index in [-0.39, 0.29) is 5.41 Å². The summed E-state index contributed by atoms with van der Waals surface area (Å²) in [6.07, 6.45) is 4.41. The van der Waals surface area contributed by atoms with E-state index in [0.29, 0.717) is 0 Å². The molecular weight excluding hydrogens is 597 g/mol. The Morgan fingerprint density at radius 1 is 0.438 bits per heavy atom. The zero-order valence-corrected chi connectivity index (χ0v) is 28.2. The van der Waals surface area contributed by atoms with Crippen LogP contribution >= 0.6 is 12.6 Å². The van der Waals surface area contributed by atoms with Gasteiger partial charge in [0.15, 0.2) is 0 Å². The number of hydrogen-bond acceptors (Lipinski definition) is 1. The minimum Gasteiger partial charge on any atom is -0.179 e. The van der Waals surface area contributed by atoms with Crippen molar-refractivity contribution in [3.05, 3.63) is 157 Å². The van der Waals surface area contributed by atoms with E-state index in [1.165, 1.54) is 87.6 Å². The maximum Gasteiger partial charge on any atom is 0.0215 e. The molecule has 8 aromatic carbocycles. The second-order valence-corrected chi connectivity index (χ2v) is 14.0. The van der Waals surface area contributed by atoms with Crippen molar-refractivity contribution in [2.45, 2.75) is 38.0 Å². The first-order valence-corrected chi connectivity index (χ1v) is 18.1. The summed E-state index contributed by atoms with van der Waals surface area (Å²) in [5.74, 6) is 0.889. The van der Waals surface area contributed by atoms with Crippen molar-refractivity contribution in [1.82, 2.24) is 0 Å². The van der Waals surface area contributed by atoms with Crippen LogP contribution in [0.25, 0.3) is 76.5 Å². The molecule has 0 amide bonds. The van der Waals surface area contributed by atoms with Gasteiger partial charge in [-0.3, -0.25) is 0 Å². The summed E-state index contributed by atoms with van der Waals surface area (Å²) < 4.78 is 0. The minimum atomic E-state index is -0.0620. The third kappa shape index (κ3) is 4.45. The summed E-state index contributed by atoms with van der Waals surface area (Å²) in [6.45, 7) is 2.35. The predicted octanol–water partition coefficient (Wildman–Crippen LogP) is 13.4. The molecule has 0 radical (unpaired) electrons. The van der Waals surface area contributed by atoms with Crippen LogP contribution in [-0.4, -0.2) is 5.75 Å². The highest BCUT2D eigenvalue weighted by Gasteiger charge is 2.42. The molecule has 0 fully saturated rings. The van der Waals surface area contributed by atoms with Crippen molar-refractivity contribution in [3.8, 4) is 33.4 Å². The van der Waals surface area contributed by atoms with Gasteiger partial charge in [-0.05, 0) is 137 Å². The van der Waals surface area contributed by atoms with Gasteiger partial charge in [0.25, 0.3) is 0 Å². The van der Waals surface area contributed by atoms with Crippen molar-refractivity contribution in [2.24, 2.45) is 0 Å². The van der Waals surface area contributed by atoms with Crippen molar-refractivity contribution in [3.63, 3.8) is 0 Å². The summed E-state index contributed by atoms with van der Waals surface area (Å²) in [5, 5.41) is 10.5. The van der Waals surface area contributed by atoms with Gasteiger partial charge in [0, 0.05) is 5.41 Å². The topological polar surface area (TPSA) is 0 Å². The van der Waals surface area contributed by atoms with E-state index in [2.05, 4.69) is 153 Å². The second kappa shape index (κ2) is 11.7. The monoisotopic (exact) mass is 634 g/mol. The molecule has 1 aliphatic rings. The molecule has 0 heterocycles. The molecule has 0 aliphatic heterocycles. The minimum absolute atomic E-state index is 0.0620. The van der Waals surface area contributed by atoms with Gasteiger partial charge in [0.1, 0.15) is 0 Å². The molecule has 1 heteroatoms. The molecule has 0 saturated carbocycles. The molecule has 0 bridgehead atoms. The van der Waals surface area contributed by atoms with Crippen molar-refractivity contribution in [2.75, 3.05) is 5.75 Å².